The van der Waals surface area contributed by atoms with E-state index in [4.69, 9.17) is 9.47 Å². The molecule has 0 aromatic heterocycles. The Labute approximate surface area is 294 Å². The van der Waals surface area contributed by atoms with Crippen LogP contribution in [0.5, 0.6) is 11.5 Å². The first-order valence-electron chi connectivity index (χ1n) is 18.1. The molecular weight excluding hydrogens is 608 g/mol. The lowest BCUT2D eigenvalue weighted by Gasteiger charge is -2.39. The Kier molecular flexibility index (Phi) is 10.1. The van der Waals surface area contributed by atoms with Crippen LogP contribution < -0.4 is 4.74 Å². The van der Waals surface area contributed by atoms with Crippen LogP contribution in [0.4, 0.5) is 0 Å². The fourth-order valence-corrected chi connectivity index (χ4v) is 7.36. The Balaban J connectivity index is 1.00. The second kappa shape index (κ2) is 14.0. The second-order valence-corrected chi connectivity index (χ2v) is 16.6. The minimum Gasteiger partial charge on any atom is -0.508 e. The highest BCUT2D eigenvalue weighted by atomic mass is 16.5. The van der Waals surface area contributed by atoms with Crippen molar-refractivity contribution in [2.45, 2.75) is 83.8 Å². The number of nitrogens with zero attached hydrogens (tertiary/aromatic N) is 2. The topological polar surface area (TPSA) is 65.4 Å². The Morgan fingerprint density at radius 1 is 0.837 bits per heavy atom. The average Bonchev–Trinajstić information content (AvgIpc) is 3.05. The summed E-state index contributed by atoms with van der Waals surface area (Å²) in [4.78, 5) is 5.11. The Morgan fingerprint density at radius 2 is 1.45 bits per heavy atom. The molecule has 0 radical (unpaired) electrons. The van der Waals surface area contributed by atoms with Crippen LogP contribution in [0, 0.1) is 5.92 Å². The Morgan fingerprint density at radius 3 is 2.06 bits per heavy atom. The third kappa shape index (κ3) is 8.25. The van der Waals surface area contributed by atoms with Gasteiger partial charge in [-0.3, -0.25) is 9.80 Å². The van der Waals surface area contributed by atoms with E-state index in [1.165, 1.54) is 22.3 Å². The quantitative estimate of drug-likeness (QED) is 0.254. The highest BCUT2D eigenvalue weighted by molar-refractivity contribution is 5.48. The van der Waals surface area contributed by atoms with Crippen LogP contribution in [0.1, 0.15) is 88.6 Å². The van der Waals surface area contributed by atoms with Crippen molar-refractivity contribution in [2.75, 3.05) is 45.9 Å². The molecule has 1 aliphatic carbocycles. The SMILES string of the molecule is CC1COC2=CC(O)(c3ccc(O)cc3)CC=C2C1c1ccc(OCCN2CCN(Cc3cc(C(C)(C)C)cc(C(C)(C)C)c3)CC2)cc1. The molecule has 2 saturated heterocycles. The van der Waals surface area contributed by atoms with Gasteiger partial charge in [0.25, 0.3) is 0 Å². The minimum atomic E-state index is -1.16. The number of phenolic OH excluding ortho intramolecular Hbond substituents is 1. The molecule has 6 nitrogen and oxygen atoms in total. The molecule has 2 heterocycles. The fraction of sp³-hybridized carbons (Fsp3) is 0.488. The number of benzene rings is 3. The first-order valence-corrected chi connectivity index (χ1v) is 18.1. The molecule has 6 heteroatoms. The van der Waals surface area contributed by atoms with Crippen molar-refractivity contribution < 1.29 is 19.7 Å². The number of ether oxygens (including phenoxy) is 2. The molecule has 0 saturated carbocycles. The highest BCUT2D eigenvalue weighted by Gasteiger charge is 2.38. The fourth-order valence-electron chi connectivity index (χ4n) is 7.36. The van der Waals surface area contributed by atoms with E-state index in [0.29, 0.717) is 25.6 Å². The summed E-state index contributed by atoms with van der Waals surface area (Å²) in [6, 6.07) is 22.5. The molecule has 262 valence electrons. The van der Waals surface area contributed by atoms with Crippen LogP contribution >= 0.6 is 0 Å². The van der Waals surface area contributed by atoms with Crippen LogP contribution in [0.25, 0.3) is 0 Å². The maximum absolute atomic E-state index is 11.4. The van der Waals surface area contributed by atoms with E-state index >= 15 is 0 Å². The first-order chi connectivity index (χ1) is 23.2. The van der Waals surface area contributed by atoms with Crippen LogP contribution in [0.3, 0.4) is 0 Å². The number of aliphatic hydroxyl groups is 1. The van der Waals surface area contributed by atoms with Gasteiger partial charge in [0.05, 0.1) is 6.61 Å². The van der Waals surface area contributed by atoms with Gasteiger partial charge < -0.3 is 19.7 Å². The molecule has 49 heavy (non-hydrogen) atoms. The lowest BCUT2D eigenvalue weighted by Crippen LogP contribution is -2.47. The summed E-state index contributed by atoms with van der Waals surface area (Å²) in [6.07, 6.45) is 4.43. The minimum absolute atomic E-state index is 0.136. The number of allylic oxidation sites excluding steroid dienone is 1. The first kappa shape index (κ1) is 35.3. The zero-order valence-electron chi connectivity index (χ0n) is 30.6. The molecule has 6 rings (SSSR count). The van der Waals surface area contributed by atoms with Crippen molar-refractivity contribution in [3.8, 4) is 11.5 Å². The van der Waals surface area contributed by atoms with Gasteiger partial charge in [-0.2, -0.15) is 0 Å². The summed E-state index contributed by atoms with van der Waals surface area (Å²) in [6.45, 7) is 23.5. The van der Waals surface area contributed by atoms with Crippen molar-refractivity contribution >= 4 is 0 Å². The van der Waals surface area contributed by atoms with E-state index in [1.54, 1.807) is 24.3 Å². The number of fused-ring (bicyclic) bond motifs is 1. The van der Waals surface area contributed by atoms with Crippen molar-refractivity contribution in [3.63, 3.8) is 0 Å². The second-order valence-electron chi connectivity index (χ2n) is 16.6. The van der Waals surface area contributed by atoms with Crippen LogP contribution in [0.15, 0.2) is 90.2 Å². The van der Waals surface area contributed by atoms with E-state index < -0.39 is 5.60 Å². The van der Waals surface area contributed by atoms with Gasteiger partial charge in [-0.1, -0.05) is 97.0 Å². The highest BCUT2D eigenvalue weighted by Crippen LogP contribution is 2.46. The monoisotopic (exact) mass is 664 g/mol. The summed E-state index contributed by atoms with van der Waals surface area (Å²) in [5, 5.41) is 21.1. The van der Waals surface area contributed by atoms with E-state index in [2.05, 4.69) is 107 Å². The molecule has 3 aromatic carbocycles. The zero-order valence-corrected chi connectivity index (χ0v) is 30.6. The molecule has 2 aliphatic heterocycles. The third-order valence-electron chi connectivity index (χ3n) is 10.6. The van der Waals surface area contributed by atoms with E-state index in [0.717, 1.165) is 61.9 Å². The van der Waals surface area contributed by atoms with Gasteiger partial charge in [-0.15, -0.1) is 0 Å². The molecule has 0 amide bonds. The van der Waals surface area contributed by atoms with Crippen LogP contribution in [-0.4, -0.2) is 66.0 Å². The smallest absolute Gasteiger partial charge is 0.122 e. The van der Waals surface area contributed by atoms with Gasteiger partial charge in [0.1, 0.15) is 29.5 Å². The maximum Gasteiger partial charge on any atom is 0.122 e. The van der Waals surface area contributed by atoms with Gasteiger partial charge in [0.15, 0.2) is 0 Å². The van der Waals surface area contributed by atoms with Crippen LogP contribution in [0.2, 0.25) is 0 Å². The Bertz CT molecular complexity index is 1620. The summed E-state index contributed by atoms with van der Waals surface area (Å²) in [5.41, 5.74) is 6.49. The molecule has 3 unspecified atom stereocenters. The van der Waals surface area contributed by atoms with Crippen LogP contribution in [-0.2, 0) is 27.7 Å². The van der Waals surface area contributed by atoms with E-state index in [9.17, 15) is 10.2 Å². The molecule has 2 N–H and O–H groups in total. The van der Waals surface area contributed by atoms with Gasteiger partial charge in [-0.25, -0.2) is 0 Å². The Hall–Kier alpha value is -3.58. The predicted molar refractivity (Wildman–Crippen MR) is 198 cm³/mol. The summed E-state index contributed by atoms with van der Waals surface area (Å²) >= 11 is 0. The number of hydrogen-bond donors (Lipinski definition) is 2. The molecule has 3 atom stereocenters. The molecular formula is C43H56N2O4. The normalized spacial score (nSPS) is 23.7. The van der Waals surface area contributed by atoms with Gasteiger partial charge >= 0.3 is 0 Å². The standard InChI is InChI=1S/C43H56N2O4/c1-30-29-49-39-27-43(47,33-10-12-36(46)13-11-33)17-16-38(39)40(30)32-8-14-37(15-9-32)48-23-22-44-18-20-45(21-19-44)28-31-24-34(41(2,3)4)26-35(25-31)42(5,6)7/h8-16,24-27,30,40,46-47H,17-23,28-29H2,1-7H3. The maximum atomic E-state index is 11.4. The van der Waals surface area contributed by atoms with Gasteiger partial charge in [-0.05, 0) is 74.6 Å². The number of aromatic hydroxyl groups is 1. The molecule has 0 spiro atoms. The van der Waals surface area contributed by atoms with Gasteiger partial charge in [0, 0.05) is 57.5 Å². The summed E-state index contributed by atoms with van der Waals surface area (Å²) in [7, 11) is 0. The molecule has 0 bridgehead atoms. The lowest BCUT2D eigenvalue weighted by molar-refractivity contribution is 0.0703. The van der Waals surface area contributed by atoms with Crippen molar-refractivity contribution in [1.82, 2.24) is 9.80 Å². The number of piperazine rings is 1. The van der Waals surface area contributed by atoms with Gasteiger partial charge in [0.2, 0.25) is 0 Å². The summed E-state index contributed by atoms with van der Waals surface area (Å²) in [5.74, 6) is 2.32. The largest absolute Gasteiger partial charge is 0.508 e. The van der Waals surface area contributed by atoms with Crippen molar-refractivity contribution in [2.24, 2.45) is 5.92 Å². The molecule has 3 aliphatic rings. The predicted octanol–water partition coefficient (Wildman–Crippen LogP) is 8.04. The summed E-state index contributed by atoms with van der Waals surface area (Å²) < 4.78 is 12.4. The van der Waals surface area contributed by atoms with E-state index in [-0.39, 0.29) is 22.5 Å². The zero-order chi connectivity index (χ0) is 35.0. The number of rotatable bonds is 8. The number of phenols is 1. The number of hydrogen-bond acceptors (Lipinski definition) is 6. The van der Waals surface area contributed by atoms with E-state index in [1.807, 2.05) is 6.08 Å². The molecule has 2 fully saturated rings. The van der Waals surface area contributed by atoms with Crippen molar-refractivity contribution in [1.29, 1.82) is 0 Å². The third-order valence-corrected chi connectivity index (χ3v) is 10.6. The average molecular weight is 665 g/mol. The molecule has 3 aromatic rings. The van der Waals surface area contributed by atoms with Crippen molar-refractivity contribution in [3.05, 3.63) is 118 Å². The lowest BCUT2D eigenvalue weighted by atomic mass is 9.74.